The van der Waals surface area contributed by atoms with Gasteiger partial charge in [0.25, 0.3) is 0 Å². The second-order valence-corrected chi connectivity index (χ2v) is 16.4. The largest absolute Gasteiger partial charge is 0.453 e. The molecule has 0 aromatic heterocycles. The van der Waals surface area contributed by atoms with Gasteiger partial charge >= 0.3 is 14.5 Å². The Bertz CT molecular complexity index is 704. The lowest BCUT2D eigenvalue weighted by Gasteiger charge is -2.59. The molecule has 0 saturated carbocycles. The number of carbonyl (C=O) groups excluding carboxylic acids is 2. The molecule has 26 heavy (non-hydrogen) atoms. The van der Waals surface area contributed by atoms with Gasteiger partial charge in [0.2, 0.25) is 0 Å². The van der Waals surface area contributed by atoms with Crippen molar-refractivity contribution in [2.75, 3.05) is 5.75 Å². The normalized spacial score (nSPS) is 41.0. The summed E-state index contributed by atoms with van der Waals surface area (Å²) in [6.07, 6.45) is -1.31. The van der Waals surface area contributed by atoms with E-state index in [1.54, 1.807) is 0 Å². The van der Waals surface area contributed by atoms with Crippen molar-refractivity contribution < 1.29 is 27.9 Å². The lowest BCUT2D eigenvalue weighted by molar-refractivity contribution is -0.227. The molecule has 4 heterocycles. The number of hydrogen-bond donors (Lipinski definition) is 0. The van der Waals surface area contributed by atoms with E-state index >= 15 is 0 Å². The van der Waals surface area contributed by atoms with Crippen molar-refractivity contribution in [1.29, 1.82) is 0 Å². The third kappa shape index (κ3) is 2.32. The van der Waals surface area contributed by atoms with Gasteiger partial charge in [-0.25, -0.2) is 4.79 Å². The van der Waals surface area contributed by atoms with Crippen LogP contribution in [0.25, 0.3) is 0 Å². The summed E-state index contributed by atoms with van der Waals surface area (Å²) in [4.78, 5) is 25.0. The van der Waals surface area contributed by atoms with Crippen LogP contribution in [0.1, 0.15) is 48.5 Å². The molecule has 0 radical (unpaired) electrons. The van der Waals surface area contributed by atoms with E-state index in [-0.39, 0.29) is 44.5 Å². The zero-order valence-corrected chi connectivity index (χ0v) is 18.3. The van der Waals surface area contributed by atoms with Crippen LogP contribution in [0.4, 0.5) is 0 Å². The molecule has 6 atom stereocenters. The number of ketones is 1. The first kappa shape index (κ1) is 18.8. The van der Waals surface area contributed by atoms with Gasteiger partial charge in [0, 0.05) is 15.8 Å². The van der Waals surface area contributed by atoms with E-state index in [0.29, 0.717) is 5.75 Å². The van der Waals surface area contributed by atoms with Crippen molar-refractivity contribution in [3.05, 3.63) is 0 Å². The highest BCUT2D eigenvalue weighted by Crippen LogP contribution is 2.60. The Morgan fingerprint density at radius 3 is 2.15 bits per heavy atom. The van der Waals surface area contributed by atoms with Gasteiger partial charge in [0.15, 0.2) is 11.9 Å². The molecule has 1 unspecified atom stereocenters. The maximum atomic E-state index is 12.6. The van der Waals surface area contributed by atoms with E-state index in [4.69, 9.17) is 18.3 Å². The van der Waals surface area contributed by atoms with Gasteiger partial charge in [-0.05, 0) is 6.92 Å². The molecule has 4 aliphatic heterocycles. The van der Waals surface area contributed by atoms with Gasteiger partial charge in [-0.3, -0.25) is 4.79 Å². The van der Waals surface area contributed by atoms with E-state index in [2.05, 4.69) is 41.5 Å². The summed E-state index contributed by atoms with van der Waals surface area (Å²) in [6.45, 7) is 14.4. The van der Waals surface area contributed by atoms with Gasteiger partial charge in [-0.2, -0.15) is 0 Å². The number of esters is 1. The molecule has 6 nitrogen and oxygen atoms in total. The summed E-state index contributed by atoms with van der Waals surface area (Å²) in [5.41, 5.74) is -0.285. The maximum absolute atomic E-state index is 12.6. The Labute approximate surface area is 158 Å². The van der Waals surface area contributed by atoms with E-state index < -0.39 is 31.1 Å². The highest BCUT2D eigenvalue weighted by atomic mass is 32.2. The average Bonchev–Trinajstić information content (AvgIpc) is 2.81. The van der Waals surface area contributed by atoms with Crippen LogP contribution in [0.2, 0.25) is 10.1 Å². The Kier molecular flexibility index (Phi) is 3.98. The zero-order chi connectivity index (χ0) is 19.2. The predicted octanol–water partition coefficient (Wildman–Crippen LogP) is 2.51. The fraction of sp³-hybridized carbons (Fsp3) is 0.833. The number of ether oxygens (including phenoxy) is 2. The number of rotatable bonds is 1. The van der Waals surface area contributed by atoms with Gasteiger partial charge < -0.3 is 18.3 Å². The van der Waals surface area contributed by atoms with E-state index in [0.717, 1.165) is 0 Å². The fourth-order valence-electron chi connectivity index (χ4n) is 4.97. The van der Waals surface area contributed by atoms with Crippen molar-refractivity contribution >= 4 is 35.7 Å². The second kappa shape index (κ2) is 5.50. The molecule has 0 aliphatic carbocycles. The Morgan fingerprint density at radius 1 is 1.04 bits per heavy atom. The number of hydrogen-bond acceptors (Lipinski definition) is 6. The van der Waals surface area contributed by atoms with Crippen LogP contribution in [-0.4, -0.2) is 60.8 Å². The van der Waals surface area contributed by atoms with Crippen molar-refractivity contribution in [2.45, 2.75) is 88.4 Å². The molecule has 0 aromatic rings. The molecule has 0 spiro atoms. The molecule has 5 bridgehead atoms. The number of fused-ring (bicyclic) bond motifs is 2. The highest BCUT2D eigenvalue weighted by Gasteiger charge is 2.70. The second-order valence-electron chi connectivity index (χ2n) is 9.68. The van der Waals surface area contributed by atoms with E-state index in [1.807, 2.05) is 0 Å². The molecule has 146 valence electrons. The van der Waals surface area contributed by atoms with Crippen LogP contribution >= 0.6 is 10.5 Å². The van der Waals surface area contributed by atoms with Gasteiger partial charge in [0.1, 0.15) is 22.5 Å². The summed E-state index contributed by atoms with van der Waals surface area (Å²) < 4.78 is 25.5. The number of Topliss-reactive ketones (excluding diaryl/α,β-unsaturated/α-hetero) is 1. The molecule has 8 heteroatoms. The molecule has 4 aliphatic rings. The smallest absolute Gasteiger partial charge is 0.350 e. The molecule has 4 rings (SSSR count). The minimum absolute atomic E-state index is 0.146. The monoisotopic (exact) mass is 400 g/mol. The minimum atomic E-state index is -2.72. The quantitative estimate of drug-likeness (QED) is 0.383. The van der Waals surface area contributed by atoms with Crippen molar-refractivity contribution in [2.24, 2.45) is 0 Å². The molecule has 0 aromatic carbocycles. The van der Waals surface area contributed by atoms with E-state index in [9.17, 15) is 9.59 Å². The Hall–Kier alpha value is -0.543. The highest BCUT2D eigenvalue weighted by molar-refractivity contribution is 8.18. The summed E-state index contributed by atoms with van der Waals surface area (Å²) in [6, 6.07) is 0. The van der Waals surface area contributed by atoms with Crippen LogP contribution < -0.4 is 0 Å². The van der Waals surface area contributed by atoms with Crippen molar-refractivity contribution in [3.63, 3.8) is 0 Å². The van der Waals surface area contributed by atoms with Gasteiger partial charge in [-0.1, -0.05) is 41.5 Å². The van der Waals surface area contributed by atoms with Crippen LogP contribution in [0.5, 0.6) is 0 Å². The van der Waals surface area contributed by atoms with Gasteiger partial charge in [-0.15, -0.1) is 10.5 Å². The maximum Gasteiger partial charge on any atom is 0.350 e. The third-order valence-corrected chi connectivity index (χ3v) is 13.6. The van der Waals surface area contributed by atoms with Gasteiger partial charge in [0.05, 0.1) is 6.10 Å². The van der Waals surface area contributed by atoms with Crippen LogP contribution in [-0.2, 0) is 27.9 Å². The molecular weight excluding hydrogens is 372 g/mol. The molecule has 3 fully saturated rings. The topological polar surface area (TPSA) is 71.1 Å². The third-order valence-electron chi connectivity index (χ3n) is 5.80. The Morgan fingerprint density at radius 2 is 1.62 bits per heavy atom. The zero-order valence-electron chi connectivity index (χ0n) is 16.5. The summed E-state index contributed by atoms with van der Waals surface area (Å²) in [7, 11) is -3.32. The van der Waals surface area contributed by atoms with E-state index in [1.165, 1.54) is 6.92 Å². The minimum Gasteiger partial charge on any atom is -0.453 e. The molecule has 3 saturated heterocycles. The van der Waals surface area contributed by atoms with Crippen LogP contribution in [0, 0.1) is 0 Å². The average molecular weight is 401 g/mol. The Balaban J connectivity index is 1.86. The SMILES string of the molecule is CC(=O)C1=S2C[C@H]3O[C@@H]2[C@@H]2O[Si](C(C)(C)C)(C(C)(C)C)O[C@H]3[C@@H]2OC1=O. The first-order chi connectivity index (χ1) is 11.9. The van der Waals surface area contributed by atoms with Crippen molar-refractivity contribution in [1.82, 2.24) is 0 Å². The van der Waals surface area contributed by atoms with Crippen LogP contribution in [0.15, 0.2) is 0 Å². The first-order valence-corrected chi connectivity index (χ1v) is 12.4. The first-order valence-electron chi connectivity index (χ1n) is 9.17. The lowest BCUT2D eigenvalue weighted by atomic mass is 10.0. The number of carbonyl (C=O) groups is 2. The summed E-state index contributed by atoms with van der Waals surface area (Å²) in [5.74, 6) is -0.0880. The molecule has 0 N–H and O–H groups in total. The van der Waals surface area contributed by atoms with Crippen LogP contribution in [0.3, 0.4) is 0 Å². The summed E-state index contributed by atoms with van der Waals surface area (Å²) >= 11 is 0. The predicted molar refractivity (Wildman–Crippen MR) is 102 cm³/mol. The summed E-state index contributed by atoms with van der Waals surface area (Å²) in [5, 5.41) is -0.319. The molecular formula is C18H28O6SSi. The fourth-order valence-corrected chi connectivity index (χ4v) is 12.8. The lowest BCUT2D eigenvalue weighted by Crippen LogP contribution is -2.73. The van der Waals surface area contributed by atoms with Crippen molar-refractivity contribution in [3.8, 4) is 0 Å². The molecule has 0 amide bonds. The standard InChI is InChI=1S/C18H28O6SSi/c1-9(19)14-15(20)22-12-11-10-8-25(14)16(21-10)13(12)24-26(23-11,17(2,3)4)18(5,6)7/h10-13,16H,8H2,1-7H3/t10-,11-,12+,13-,16+,25?/m1/s1.